The largest absolute Gasteiger partial charge is 0.478 e. The van der Waals surface area contributed by atoms with Gasteiger partial charge in [-0.1, -0.05) is 6.07 Å². The van der Waals surface area contributed by atoms with Crippen molar-refractivity contribution in [3.05, 3.63) is 54.1 Å². The summed E-state index contributed by atoms with van der Waals surface area (Å²) in [6, 6.07) is 12.1. The summed E-state index contributed by atoms with van der Waals surface area (Å²) in [4.78, 5) is 22.5. The molecule has 1 atom stereocenters. The quantitative estimate of drug-likeness (QED) is 0.608. The number of carbonyl (C=O) groups excluding carboxylic acids is 1. The van der Waals surface area contributed by atoms with Gasteiger partial charge in [-0.05, 0) is 36.4 Å². The van der Waals surface area contributed by atoms with Crippen LogP contribution in [-0.2, 0) is 4.79 Å². The lowest BCUT2D eigenvalue weighted by Crippen LogP contribution is -2.37. The number of thiol groups is 1. The highest BCUT2D eigenvalue weighted by Crippen LogP contribution is 2.24. The summed E-state index contributed by atoms with van der Waals surface area (Å²) in [5, 5.41) is 11.5. The van der Waals surface area contributed by atoms with Crippen LogP contribution in [0.2, 0.25) is 0 Å². The first kappa shape index (κ1) is 16.9. The SMILES string of the molecule is N[C@@H](CS)C(=O)Nc1cccc(Oc2ccc(C(=O)O)cc2)c1. The summed E-state index contributed by atoms with van der Waals surface area (Å²) < 4.78 is 5.63. The molecule has 23 heavy (non-hydrogen) atoms. The molecule has 2 aromatic rings. The molecule has 0 unspecified atom stereocenters. The number of nitrogens with two attached hydrogens (primary N) is 1. The normalized spacial score (nSPS) is 11.6. The fourth-order valence-corrected chi connectivity index (χ4v) is 1.92. The minimum atomic E-state index is -0.998. The zero-order valence-corrected chi connectivity index (χ0v) is 13.0. The van der Waals surface area contributed by atoms with Gasteiger partial charge in [0.2, 0.25) is 5.91 Å². The predicted molar refractivity (Wildman–Crippen MR) is 90.4 cm³/mol. The number of carboxylic acid groups (broad SMARTS) is 1. The zero-order chi connectivity index (χ0) is 16.8. The average Bonchev–Trinajstić information content (AvgIpc) is 2.54. The first-order valence-electron chi connectivity index (χ1n) is 6.78. The van der Waals surface area contributed by atoms with Crippen molar-refractivity contribution in [2.24, 2.45) is 5.73 Å². The topological polar surface area (TPSA) is 102 Å². The van der Waals surface area contributed by atoms with Gasteiger partial charge >= 0.3 is 5.97 Å². The molecule has 120 valence electrons. The van der Waals surface area contributed by atoms with E-state index in [9.17, 15) is 9.59 Å². The molecule has 6 nitrogen and oxygen atoms in total. The Morgan fingerprint density at radius 3 is 2.48 bits per heavy atom. The number of anilines is 1. The van der Waals surface area contributed by atoms with E-state index in [4.69, 9.17) is 15.6 Å². The van der Waals surface area contributed by atoms with Crippen molar-refractivity contribution >= 4 is 30.2 Å². The summed E-state index contributed by atoms with van der Waals surface area (Å²) in [6.45, 7) is 0. The van der Waals surface area contributed by atoms with Crippen LogP contribution in [-0.4, -0.2) is 28.8 Å². The Bertz CT molecular complexity index is 703. The molecule has 2 aromatic carbocycles. The highest BCUT2D eigenvalue weighted by molar-refractivity contribution is 7.80. The fraction of sp³-hybridized carbons (Fsp3) is 0.125. The zero-order valence-electron chi connectivity index (χ0n) is 12.1. The van der Waals surface area contributed by atoms with E-state index in [1.807, 2.05) is 0 Å². The third-order valence-electron chi connectivity index (χ3n) is 2.97. The molecule has 0 bridgehead atoms. The predicted octanol–water partition coefficient (Wildman–Crippen LogP) is 2.37. The molecule has 0 saturated carbocycles. The number of rotatable bonds is 6. The lowest BCUT2D eigenvalue weighted by molar-refractivity contribution is -0.116. The molecular formula is C16H16N2O4S. The van der Waals surface area contributed by atoms with Gasteiger partial charge in [-0.15, -0.1) is 0 Å². The number of carboxylic acids is 1. The van der Waals surface area contributed by atoms with Crippen LogP contribution < -0.4 is 15.8 Å². The maximum absolute atomic E-state index is 11.7. The minimum absolute atomic E-state index is 0.180. The summed E-state index contributed by atoms with van der Waals surface area (Å²) in [7, 11) is 0. The molecule has 0 aliphatic rings. The first-order chi connectivity index (χ1) is 11.0. The third kappa shape index (κ3) is 4.73. The van der Waals surface area contributed by atoms with Crippen molar-refractivity contribution in [3.63, 3.8) is 0 Å². The number of amides is 1. The Kier molecular flexibility index (Phi) is 5.61. The molecule has 0 aromatic heterocycles. The lowest BCUT2D eigenvalue weighted by Gasteiger charge is -2.11. The van der Waals surface area contributed by atoms with Crippen LogP contribution in [0.4, 0.5) is 5.69 Å². The van der Waals surface area contributed by atoms with Gasteiger partial charge < -0.3 is 20.9 Å². The average molecular weight is 332 g/mol. The van der Waals surface area contributed by atoms with E-state index in [0.717, 1.165) is 0 Å². The second kappa shape index (κ2) is 7.66. The molecule has 4 N–H and O–H groups in total. The molecule has 0 aliphatic heterocycles. The second-order valence-corrected chi connectivity index (χ2v) is 5.10. The van der Waals surface area contributed by atoms with E-state index in [1.165, 1.54) is 12.1 Å². The number of nitrogens with one attached hydrogen (secondary N) is 1. The molecule has 1 amide bonds. The second-order valence-electron chi connectivity index (χ2n) is 4.74. The van der Waals surface area contributed by atoms with Gasteiger partial charge in [0, 0.05) is 17.5 Å². The monoisotopic (exact) mass is 332 g/mol. The molecule has 0 spiro atoms. The number of benzene rings is 2. The molecule has 0 fully saturated rings. The fourth-order valence-electron chi connectivity index (χ4n) is 1.76. The lowest BCUT2D eigenvalue weighted by atomic mass is 10.2. The number of ether oxygens (including phenoxy) is 1. The van der Waals surface area contributed by atoms with Gasteiger partial charge in [0.25, 0.3) is 0 Å². The van der Waals surface area contributed by atoms with Gasteiger partial charge in [-0.25, -0.2) is 4.79 Å². The van der Waals surface area contributed by atoms with Gasteiger partial charge in [-0.3, -0.25) is 4.79 Å². The first-order valence-corrected chi connectivity index (χ1v) is 7.41. The van der Waals surface area contributed by atoms with Gasteiger partial charge in [0.1, 0.15) is 11.5 Å². The molecule has 0 heterocycles. The highest BCUT2D eigenvalue weighted by Gasteiger charge is 2.11. The standard InChI is InChI=1S/C16H16N2O4S/c17-14(9-23)15(19)18-11-2-1-3-13(8-11)22-12-6-4-10(5-7-12)16(20)21/h1-8,14,23H,9,17H2,(H,18,19)(H,20,21)/t14-/m0/s1. The van der Waals surface area contributed by atoms with E-state index in [2.05, 4.69) is 17.9 Å². The van der Waals surface area contributed by atoms with Crippen LogP contribution in [0, 0.1) is 0 Å². The van der Waals surface area contributed by atoms with Gasteiger partial charge in [0.05, 0.1) is 11.6 Å². The van der Waals surface area contributed by atoms with Crippen LogP contribution in [0.15, 0.2) is 48.5 Å². The van der Waals surface area contributed by atoms with Crippen LogP contribution in [0.25, 0.3) is 0 Å². The van der Waals surface area contributed by atoms with Crippen LogP contribution >= 0.6 is 12.6 Å². The van der Waals surface area contributed by atoms with Crippen molar-refractivity contribution in [2.75, 3.05) is 11.1 Å². The summed E-state index contributed by atoms with van der Waals surface area (Å²) >= 11 is 3.98. The van der Waals surface area contributed by atoms with Crippen molar-refractivity contribution in [2.45, 2.75) is 6.04 Å². The molecule has 2 rings (SSSR count). The molecular weight excluding hydrogens is 316 g/mol. The Morgan fingerprint density at radius 2 is 1.87 bits per heavy atom. The Morgan fingerprint density at radius 1 is 1.17 bits per heavy atom. The van der Waals surface area contributed by atoms with Crippen molar-refractivity contribution in [1.82, 2.24) is 0 Å². The highest BCUT2D eigenvalue weighted by atomic mass is 32.1. The minimum Gasteiger partial charge on any atom is -0.478 e. The van der Waals surface area contributed by atoms with E-state index in [-0.39, 0.29) is 17.2 Å². The van der Waals surface area contributed by atoms with E-state index >= 15 is 0 Å². The van der Waals surface area contributed by atoms with Crippen molar-refractivity contribution in [1.29, 1.82) is 0 Å². The summed E-state index contributed by atoms with van der Waals surface area (Å²) in [6.07, 6.45) is 0. The van der Waals surface area contributed by atoms with E-state index in [0.29, 0.717) is 17.2 Å². The summed E-state index contributed by atoms with van der Waals surface area (Å²) in [5.74, 6) is -0.0848. The van der Waals surface area contributed by atoms with Crippen molar-refractivity contribution < 1.29 is 19.4 Å². The molecule has 7 heteroatoms. The number of aromatic carboxylic acids is 1. The Balaban J connectivity index is 2.07. The molecule has 0 aliphatic carbocycles. The van der Waals surface area contributed by atoms with E-state index < -0.39 is 12.0 Å². The third-order valence-corrected chi connectivity index (χ3v) is 3.37. The number of hydrogen-bond acceptors (Lipinski definition) is 5. The smallest absolute Gasteiger partial charge is 0.335 e. The van der Waals surface area contributed by atoms with Gasteiger partial charge in [0.15, 0.2) is 0 Å². The number of hydrogen-bond donors (Lipinski definition) is 4. The van der Waals surface area contributed by atoms with Crippen LogP contribution in [0.3, 0.4) is 0 Å². The summed E-state index contributed by atoms with van der Waals surface area (Å²) in [5.41, 5.74) is 6.32. The number of carbonyl (C=O) groups is 2. The maximum atomic E-state index is 11.7. The molecule has 0 radical (unpaired) electrons. The Hall–Kier alpha value is -2.51. The van der Waals surface area contributed by atoms with Gasteiger partial charge in [-0.2, -0.15) is 12.6 Å². The maximum Gasteiger partial charge on any atom is 0.335 e. The van der Waals surface area contributed by atoms with Crippen LogP contribution in [0.1, 0.15) is 10.4 Å². The van der Waals surface area contributed by atoms with Crippen LogP contribution in [0.5, 0.6) is 11.5 Å². The molecule has 0 saturated heterocycles. The Labute approximate surface area is 138 Å². The van der Waals surface area contributed by atoms with E-state index in [1.54, 1.807) is 36.4 Å². The van der Waals surface area contributed by atoms with Crippen molar-refractivity contribution in [3.8, 4) is 11.5 Å².